The molecule has 1 aliphatic rings. The number of anilines is 2. The van der Waals surface area contributed by atoms with Crippen molar-refractivity contribution in [3.8, 4) is 0 Å². The van der Waals surface area contributed by atoms with Crippen molar-refractivity contribution in [2.45, 2.75) is 39.2 Å². The Morgan fingerprint density at radius 1 is 1.50 bits per heavy atom. The van der Waals surface area contributed by atoms with E-state index in [1.165, 1.54) is 18.5 Å². The van der Waals surface area contributed by atoms with Crippen molar-refractivity contribution in [3.05, 3.63) is 18.3 Å². The molecule has 1 aromatic rings. The molecule has 0 spiro atoms. The largest absolute Gasteiger partial charge is 0.370 e. The molecule has 1 saturated heterocycles. The molecule has 0 unspecified atom stereocenters. The van der Waals surface area contributed by atoms with Crippen LogP contribution in [0.2, 0.25) is 0 Å². The summed E-state index contributed by atoms with van der Waals surface area (Å²) in [6, 6.07) is 4.25. The van der Waals surface area contributed by atoms with Crippen molar-refractivity contribution in [1.82, 2.24) is 4.98 Å². The molecule has 0 saturated carbocycles. The molecule has 16 heavy (non-hydrogen) atoms. The van der Waals surface area contributed by atoms with Crippen LogP contribution in [-0.2, 0) is 0 Å². The fourth-order valence-corrected chi connectivity index (χ4v) is 2.45. The lowest BCUT2D eigenvalue weighted by atomic mass is 10.0. The van der Waals surface area contributed by atoms with E-state index in [0.717, 1.165) is 18.9 Å². The minimum Gasteiger partial charge on any atom is -0.370 e. The molecule has 1 aromatic heterocycles. The molecule has 1 aliphatic heterocycles. The molecule has 1 fully saturated rings. The zero-order valence-corrected chi connectivity index (χ0v) is 10.5. The number of hydrogen-bond acceptors (Lipinski definition) is 3. The molecular formula is C13H21N3. The van der Waals surface area contributed by atoms with Crippen LogP contribution in [0, 0.1) is 0 Å². The lowest BCUT2D eigenvalue weighted by Gasteiger charge is -2.33. The van der Waals surface area contributed by atoms with Gasteiger partial charge in [0, 0.05) is 36.6 Å². The second kappa shape index (κ2) is 4.32. The van der Waals surface area contributed by atoms with Gasteiger partial charge in [0.05, 0.1) is 0 Å². The van der Waals surface area contributed by atoms with Gasteiger partial charge in [0.25, 0.3) is 0 Å². The Morgan fingerprint density at radius 2 is 2.31 bits per heavy atom. The molecule has 0 amide bonds. The minimum atomic E-state index is 0.283. The Hall–Kier alpha value is -1.25. The van der Waals surface area contributed by atoms with Crippen molar-refractivity contribution in [3.63, 3.8) is 0 Å². The first kappa shape index (κ1) is 11.2. The standard InChI is InChI=1S/C13H21N3/c1-4-14-12-10-11(6-8-15-12)16-9-5-7-13(16,2)3/h6,8,10H,4-5,7,9H2,1-3H3,(H,14,15). The average molecular weight is 219 g/mol. The van der Waals surface area contributed by atoms with Crippen LogP contribution in [-0.4, -0.2) is 23.6 Å². The van der Waals surface area contributed by atoms with Crippen LogP contribution in [0.15, 0.2) is 18.3 Å². The van der Waals surface area contributed by atoms with Gasteiger partial charge in [0.15, 0.2) is 0 Å². The van der Waals surface area contributed by atoms with Gasteiger partial charge < -0.3 is 10.2 Å². The zero-order chi connectivity index (χ0) is 11.6. The molecule has 0 aromatic carbocycles. The summed E-state index contributed by atoms with van der Waals surface area (Å²) in [6.07, 6.45) is 4.44. The first-order valence-electron chi connectivity index (χ1n) is 6.11. The topological polar surface area (TPSA) is 28.2 Å². The molecule has 88 valence electrons. The first-order chi connectivity index (χ1) is 7.63. The summed E-state index contributed by atoms with van der Waals surface area (Å²) < 4.78 is 0. The molecule has 0 aliphatic carbocycles. The van der Waals surface area contributed by atoms with Crippen LogP contribution in [0.5, 0.6) is 0 Å². The molecule has 2 heterocycles. The average Bonchev–Trinajstić information content (AvgIpc) is 2.59. The van der Waals surface area contributed by atoms with Crippen LogP contribution in [0.3, 0.4) is 0 Å². The summed E-state index contributed by atoms with van der Waals surface area (Å²) >= 11 is 0. The lowest BCUT2D eigenvalue weighted by Crippen LogP contribution is -2.38. The van der Waals surface area contributed by atoms with E-state index >= 15 is 0 Å². The molecule has 2 rings (SSSR count). The summed E-state index contributed by atoms with van der Waals surface area (Å²) in [4.78, 5) is 6.79. The third-order valence-electron chi connectivity index (χ3n) is 3.31. The summed E-state index contributed by atoms with van der Waals surface area (Å²) in [5.74, 6) is 0.975. The van der Waals surface area contributed by atoms with Gasteiger partial charge in [-0.05, 0) is 39.7 Å². The van der Waals surface area contributed by atoms with E-state index in [1.807, 2.05) is 6.20 Å². The van der Waals surface area contributed by atoms with E-state index in [0.29, 0.717) is 0 Å². The highest BCUT2D eigenvalue weighted by atomic mass is 15.2. The predicted octanol–water partition coefficient (Wildman–Crippen LogP) is 2.89. The predicted molar refractivity (Wildman–Crippen MR) is 69.1 cm³/mol. The Labute approximate surface area is 97.9 Å². The van der Waals surface area contributed by atoms with Crippen LogP contribution < -0.4 is 10.2 Å². The number of pyridine rings is 1. The number of nitrogens with zero attached hydrogens (tertiary/aromatic N) is 2. The number of hydrogen-bond donors (Lipinski definition) is 1. The third-order valence-corrected chi connectivity index (χ3v) is 3.31. The van der Waals surface area contributed by atoms with Gasteiger partial charge in [-0.1, -0.05) is 0 Å². The second-order valence-electron chi connectivity index (χ2n) is 5.00. The van der Waals surface area contributed by atoms with E-state index in [4.69, 9.17) is 0 Å². The summed E-state index contributed by atoms with van der Waals surface area (Å²) in [7, 11) is 0. The minimum absolute atomic E-state index is 0.283. The summed E-state index contributed by atoms with van der Waals surface area (Å²) in [5, 5.41) is 3.26. The van der Waals surface area contributed by atoms with Crippen LogP contribution in [0.1, 0.15) is 33.6 Å². The van der Waals surface area contributed by atoms with Crippen molar-refractivity contribution in [1.29, 1.82) is 0 Å². The van der Waals surface area contributed by atoms with Crippen LogP contribution in [0.25, 0.3) is 0 Å². The maximum Gasteiger partial charge on any atom is 0.127 e. The second-order valence-corrected chi connectivity index (χ2v) is 5.00. The van der Waals surface area contributed by atoms with Crippen molar-refractivity contribution >= 4 is 11.5 Å². The quantitative estimate of drug-likeness (QED) is 0.847. The van der Waals surface area contributed by atoms with Crippen molar-refractivity contribution in [2.24, 2.45) is 0 Å². The van der Waals surface area contributed by atoms with Crippen molar-refractivity contribution < 1.29 is 0 Å². The number of rotatable bonds is 3. The highest BCUT2D eigenvalue weighted by Crippen LogP contribution is 2.33. The van der Waals surface area contributed by atoms with Gasteiger partial charge in [0.1, 0.15) is 5.82 Å². The SMILES string of the molecule is CCNc1cc(N2CCCC2(C)C)ccn1. The Kier molecular flexibility index (Phi) is 3.03. The van der Waals surface area contributed by atoms with Gasteiger partial charge in [-0.15, -0.1) is 0 Å². The molecule has 3 nitrogen and oxygen atoms in total. The Bertz CT molecular complexity index is 360. The summed E-state index contributed by atoms with van der Waals surface area (Å²) in [5.41, 5.74) is 1.57. The fraction of sp³-hybridized carbons (Fsp3) is 0.615. The number of nitrogens with one attached hydrogen (secondary N) is 1. The molecule has 0 radical (unpaired) electrons. The normalized spacial score (nSPS) is 18.8. The van der Waals surface area contributed by atoms with E-state index in [2.05, 4.69) is 48.1 Å². The van der Waals surface area contributed by atoms with Gasteiger partial charge in [-0.25, -0.2) is 4.98 Å². The van der Waals surface area contributed by atoms with E-state index < -0.39 is 0 Å². The molecule has 1 N–H and O–H groups in total. The molecule has 0 bridgehead atoms. The first-order valence-corrected chi connectivity index (χ1v) is 6.11. The smallest absolute Gasteiger partial charge is 0.127 e. The fourth-order valence-electron chi connectivity index (χ4n) is 2.45. The van der Waals surface area contributed by atoms with E-state index in [-0.39, 0.29) is 5.54 Å². The number of aromatic nitrogens is 1. The third kappa shape index (κ3) is 2.13. The maximum atomic E-state index is 4.31. The highest BCUT2D eigenvalue weighted by Gasteiger charge is 2.31. The zero-order valence-electron chi connectivity index (χ0n) is 10.5. The highest BCUT2D eigenvalue weighted by molar-refractivity contribution is 5.56. The van der Waals surface area contributed by atoms with Gasteiger partial charge >= 0.3 is 0 Å². The lowest BCUT2D eigenvalue weighted by molar-refractivity contribution is 0.518. The molecule has 3 heteroatoms. The molecule has 0 atom stereocenters. The monoisotopic (exact) mass is 219 g/mol. The summed E-state index contributed by atoms with van der Waals surface area (Å²) in [6.45, 7) is 8.79. The molecular weight excluding hydrogens is 198 g/mol. The van der Waals surface area contributed by atoms with Crippen LogP contribution in [0.4, 0.5) is 11.5 Å². The Balaban J connectivity index is 2.23. The van der Waals surface area contributed by atoms with Crippen molar-refractivity contribution in [2.75, 3.05) is 23.3 Å². The van der Waals surface area contributed by atoms with Gasteiger partial charge in [-0.3, -0.25) is 0 Å². The van der Waals surface area contributed by atoms with Crippen LogP contribution >= 0.6 is 0 Å². The van der Waals surface area contributed by atoms with Gasteiger partial charge in [0.2, 0.25) is 0 Å². The van der Waals surface area contributed by atoms with E-state index in [9.17, 15) is 0 Å². The Morgan fingerprint density at radius 3 is 2.94 bits per heavy atom. The van der Waals surface area contributed by atoms with E-state index in [1.54, 1.807) is 0 Å². The maximum absolute atomic E-state index is 4.31. The van der Waals surface area contributed by atoms with Gasteiger partial charge in [-0.2, -0.15) is 0 Å².